The van der Waals surface area contributed by atoms with Crippen molar-refractivity contribution in [2.75, 3.05) is 31.0 Å². The first-order valence-electron chi connectivity index (χ1n) is 10.7. The third kappa shape index (κ3) is 4.71. The lowest BCUT2D eigenvalue weighted by atomic mass is 9.85. The molecule has 0 atom stereocenters. The van der Waals surface area contributed by atoms with Crippen LogP contribution in [0.2, 0.25) is 0 Å². The first kappa shape index (κ1) is 22.8. The number of hydrogen-bond donors (Lipinski definition) is 1. The summed E-state index contributed by atoms with van der Waals surface area (Å²) in [6.07, 6.45) is 0.935. The number of nitrogens with zero attached hydrogens (tertiary/aromatic N) is 2. The van der Waals surface area contributed by atoms with Crippen molar-refractivity contribution in [3.8, 4) is 22.8 Å². The SMILES string of the molecule is COc1ccc(OCCCC(=O)Nc2nc(-c3ccc4c(c3)C(C)(C)C(=O)N4C)cs2)cc1. The van der Waals surface area contributed by atoms with Crippen LogP contribution in [0, 0.1) is 0 Å². The van der Waals surface area contributed by atoms with E-state index in [0.717, 1.165) is 34.0 Å². The second-order valence-corrected chi connectivity index (χ2v) is 9.29. The van der Waals surface area contributed by atoms with Crippen LogP contribution in [-0.2, 0) is 15.0 Å². The largest absolute Gasteiger partial charge is 0.497 e. The molecule has 3 aromatic rings. The van der Waals surface area contributed by atoms with Crippen LogP contribution >= 0.6 is 11.3 Å². The Morgan fingerprint density at radius 1 is 1.15 bits per heavy atom. The quantitative estimate of drug-likeness (QED) is 0.480. The van der Waals surface area contributed by atoms with E-state index in [1.807, 2.05) is 61.7 Å². The number of nitrogens with one attached hydrogen (secondary N) is 1. The van der Waals surface area contributed by atoms with Crippen molar-refractivity contribution >= 4 is 34.0 Å². The molecular weight excluding hydrogens is 438 g/mol. The number of carbonyl (C=O) groups is 2. The smallest absolute Gasteiger partial charge is 0.236 e. The molecule has 8 heteroatoms. The number of thiazole rings is 1. The molecule has 172 valence electrons. The summed E-state index contributed by atoms with van der Waals surface area (Å²) in [5.74, 6) is 1.49. The number of ether oxygens (including phenoxy) is 2. The van der Waals surface area contributed by atoms with Gasteiger partial charge in [0.15, 0.2) is 5.13 Å². The predicted octanol–water partition coefficient (Wildman–Crippen LogP) is 4.87. The molecule has 0 radical (unpaired) electrons. The molecule has 0 saturated heterocycles. The zero-order valence-corrected chi connectivity index (χ0v) is 20.0. The molecule has 0 fully saturated rings. The summed E-state index contributed by atoms with van der Waals surface area (Å²) in [7, 11) is 3.42. The van der Waals surface area contributed by atoms with E-state index in [2.05, 4.69) is 10.3 Å². The molecule has 0 unspecified atom stereocenters. The fraction of sp³-hybridized carbons (Fsp3) is 0.320. The second-order valence-electron chi connectivity index (χ2n) is 8.43. The maximum Gasteiger partial charge on any atom is 0.236 e. The van der Waals surface area contributed by atoms with Crippen LogP contribution in [0.5, 0.6) is 11.5 Å². The lowest BCUT2D eigenvalue weighted by molar-refractivity contribution is -0.121. The van der Waals surface area contributed by atoms with Crippen LogP contribution < -0.4 is 19.7 Å². The van der Waals surface area contributed by atoms with Gasteiger partial charge in [0, 0.05) is 30.1 Å². The summed E-state index contributed by atoms with van der Waals surface area (Å²) in [5.41, 5.74) is 3.05. The molecule has 0 spiro atoms. The Kier molecular flexibility index (Phi) is 6.37. The number of benzene rings is 2. The molecular formula is C25H27N3O4S. The lowest BCUT2D eigenvalue weighted by Gasteiger charge is -2.16. The summed E-state index contributed by atoms with van der Waals surface area (Å²) in [4.78, 5) is 31.1. The van der Waals surface area contributed by atoms with E-state index in [0.29, 0.717) is 24.6 Å². The maximum atomic E-state index is 12.5. The first-order valence-corrected chi connectivity index (χ1v) is 11.6. The molecule has 0 aliphatic carbocycles. The first-order chi connectivity index (χ1) is 15.8. The molecule has 1 aliphatic heterocycles. The van der Waals surface area contributed by atoms with Crippen LogP contribution in [0.15, 0.2) is 47.8 Å². The Bertz CT molecular complexity index is 1170. The van der Waals surface area contributed by atoms with Gasteiger partial charge in [0.2, 0.25) is 11.8 Å². The van der Waals surface area contributed by atoms with E-state index in [1.165, 1.54) is 11.3 Å². The number of likely N-dealkylation sites (N-methyl/N-ethyl adjacent to an activating group) is 1. The summed E-state index contributed by atoms with van der Waals surface area (Å²) < 4.78 is 10.8. The molecule has 0 bridgehead atoms. The molecule has 33 heavy (non-hydrogen) atoms. The van der Waals surface area contributed by atoms with Gasteiger partial charge >= 0.3 is 0 Å². The highest BCUT2D eigenvalue weighted by Gasteiger charge is 2.42. The van der Waals surface area contributed by atoms with E-state index in [-0.39, 0.29) is 11.8 Å². The van der Waals surface area contributed by atoms with Gasteiger partial charge in [-0.15, -0.1) is 11.3 Å². The number of fused-ring (bicyclic) bond motifs is 1. The van der Waals surface area contributed by atoms with E-state index in [4.69, 9.17) is 9.47 Å². The number of hydrogen-bond acceptors (Lipinski definition) is 6. The zero-order chi connectivity index (χ0) is 23.6. The number of methoxy groups -OCH3 is 1. The topological polar surface area (TPSA) is 80.8 Å². The minimum atomic E-state index is -0.568. The highest BCUT2D eigenvalue weighted by Crippen LogP contribution is 2.42. The summed E-state index contributed by atoms with van der Waals surface area (Å²) in [6.45, 7) is 4.32. The highest BCUT2D eigenvalue weighted by molar-refractivity contribution is 7.14. The minimum absolute atomic E-state index is 0.0804. The fourth-order valence-corrected chi connectivity index (χ4v) is 4.61. The Labute approximate surface area is 197 Å². The average molecular weight is 466 g/mol. The number of carbonyl (C=O) groups excluding carboxylic acids is 2. The van der Waals surface area contributed by atoms with E-state index < -0.39 is 5.41 Å². The number of amides is 2. The molecule has 1 aliphatic rings. The van der Waals surface area contributed by atoms with Crippen LogP contribution in [0.25, 0.3) is 11.3 Å². The van der Waals surface area contributed by atoms with Gasteiger partial charge < -0.3 is 19.7 Å². The van der Waals surface area contributed by atoms with Crippen molar-refractivity contribution in [2.24, 2.45) is 0 Å². The number of aromatic nitrogens is 1. The molecule has 2 aromatic carbocycles. The van der Waals surface area contributed by atoms with Crippen molar-refractivity contribution in [1.82, 2.24) is 4.98 Å². The lowest BCUT2D eigenvalue weighted by Crippen LogP contribution is -2.33. The molecule has 4 rings (SSSR count). The molecule has 1 aromatic heterocycles. The summed E-state index contributed by atoms with van der Waals surface area (Å²) in [6, 6.07) is 13.3. The summed E-state index contributed by atoms with van der Waals surface area (Å²) >= 11 is 1.38. The Hall–Kier alpha value is -3.39. The average Bonchev–Trinajstić information content (AvgIpc) is 3.34. The minimum Gasteiger partial charge on any atom is -0.497 e. The van der Waals surface area contributed by atoms with Crippen molar-refractivity contribution in [3.05, 3.63) is 53.4 Å². The molecule has 2 amide bonds. The molecule has 7 nitrogen and oxygen atoms in total. The van der Waals surface area contributed by atoms with Gasteiger partial charge in [-0.2, -0.15) is 0 Å². The van der Waals surface area contributed by atoms with Crippen LogP contribution in [-0.4, -0.2) is 37.6 Å². The Morgan fingerprint density at radius 2 is 1.88 bits per heavy atom. The monoisotopic (exact) mass is 465 g/mol. The third-order valence-electron chi connectivity index (χ3n) is 5.79. The molecule has 1 N–H and O–H groups in total. The second kappa shape index (κ2) is 9.23. The normalized spacial score (nSPS) is 14.2. The predicted molar refractivity (Wildman–Crippen MR) is 130 cm³/mol. The Balaban J connectivity index is 1.31. The van der Waals surface area contributed by atoms with Crippen LogP contribution in [0.1, 0.15) is 32.3 Å². The van der Waals surface area contributed by atoms with E-state index >= 15 is 0 Å². The van der Waals surface area contributed by atoms with E-state index in [1.54, 1.807) is 19.1 Å². The van der Waals surface area contributed by atoms with Gasteiger partial charge in [0.25, 0.3) is 0 Å². The van der Waals surface area contributed by atoms with Crippen molar-refractivity contribution in [2.45, 2.75) is 32.1 Å². The standard InChI is InChI=1S/C25H27N3O4S/c1-25(2)19-14-16(7-12-21(19)28(3)23(25)30)20-15-33-24(26-20)27-22(29)6-5-13-32-18-10-8-17(31-4)9-11-18/h7-12,14-15H,5-6,13H2,1-4H3,(H,26,27,29). The van der Waals surface area contributed by atoms with Crippen molar-refractivity contribution in [1.29, 1.82) is 0 Å². The molecule has 0 saturated carbocycles. The van der Waals surface area contributed by atoms with Gasteiger partial charge in [-0.05, 0) is 62.2 Å². The Morgan fingerprint density at radius 3 is 2.61 bits per heavy atom. The fourth-order valence-electron chi connectivity index (χ4n) is 3.87. The zero-order valence-electron chi connectivity index (χ0n) is 19.2. The van der Waals surface area contributed by atoms with Gasteiger partial charge in [-0.1, -0.05) is 6.07 Å². The van der Waals surface area contributed by atoms with Crippen molar-refractivity contribution in [3.63, 3.8) is 0 Å². The summed E-state index contributed by atoms with van der Waals surface area (Å²) in [5, 5.41) is 5.33. The number of anilines is 2. The van der Waals surface area contributed by atoms with Gasteiger partial charge in [-0.3, -0.25) is 9.59 Å². The van der Waals surface area contributed by atoms with Gasteiger partial charge in [-0.25, -0.2) is 4.98 Å². The van der Waals surface area contributed by atoms with Gasteiger partial charge in [0.05, 0.1) is 24.8 Å². The highest BCUT2D eigenvalue weighted by atomic mass is 32.1. The van der Waals surface area contributed by atoms with Crippen LogP contribution in [0.4, 0.5) is 10.8 Å². The maximum absolute atomic E-state index is 12.5. The third-order valence-corrected chi connectivity index (χ3v) is 6.55. The van der Waals surface area contributed by atoms with Gasteiger partial charge in [0.1, 0.15) is 11.5 Å². The van der Waals surface area contributed by atoms with E-state index in [9.17, 15) is 9.59 Å². The number of rotatable bonds is 8. The van der Waals surface area contributed by atoms with Crippen LogP contribution in [0.3, 0.4) is 0 Å². The molecule has 2 heterocycles. The van der Waals surface area contributed by atoms with Crippen molar-refractivity contribution < 1.29 is 19.1 Å².